The number of benzene rings is 1. The van der Waals surface area contributed by atoms with Crippen molar-refractivity contribution in [1.29, 1.82) is 0 Å². The number of carbonyl (C=O) groups excluding carboxylic acids is 1. The van der Waals surface area contributed by atoms with Gasteiger partial charge in [-0.3, -0.25) is 4.79 Å². The summed E-state index contributed by atoms with van der Waals surface area (Å²) in [5.74, 6) is 2.47. The molecule has 1 atom stereocenters. The van der Waals surface area contributed by atoms with Crippen molar-refractivity contribution in [2.24, 2.45) is 23.2 Å². The van der Waals surface area contributed by atoms with E-state index in [0.717, 1.165) is 17.8 Å². The maximum atomic E-state index is 13.3. The van der Waals surface area contributed by atoms with Crippen molar-refractivity contribution in [3.63, 3.8) is 0 Å². The van der Waals surface area contributed by atoms with Gasteiger partial charge in [0.2, 0.25) is 10.0 Å². The lowest BCUT2D eigenvalue weighted by molar-refractivity contribution is -0.0688. The number of amides is 1. The number of rotatable bonds is 6. The molecule has 1 heterocycles. The predicted molar refractivity (Wildman–Crippen MR) is 120 cm³/mol. The standard InChI is InChI=1S/C24H34N2O5S/c1-16(24-13-17-9-18(14-24)11-19(10-17)15-24)25-23(27)20-3-4-21(30-2)22(12-20)32(28,29)26-5-7-31-8-6-26/h3-4,12,16-19H,5-11,13-15H2,1-2H3,(H,25,27). The Morgan fingerprint density at radius 1 is 1.12 bits per heavy atom. The normalized spacial score (nSPS) is 33.1. The first-order chi connectivity index (χ1) is 15.3. The zero-order valence-electron chi connectivity index (χ0n) is 19.0. The number of sulfonamides is 1. The zero-order chi connectivity index (χ0) is 22.5. The van der Waals surface area contributed by atoms with Gasteiger partial charge in [-0.05, 0) is 86.8 Å². The van der Waals surface area contributed by atoms with Crippen LogP contribution in [0.15, 0.2) is 23.1 Å². The van der Waals surface area contributed by atoms with E-state index in [1.807, 2.05) is 0 Å². The molecule has 176 valence electrons. The van der Waals surface area contributed by atoms with Crippen LogP contribution in [0.4, 0.5) is 0 Å². The molecule has 1 aromatic rings. The smallest absolute Gasteiger partial charge is 0.251 e. The van der Waals surface area contributed by atoms with Gasteiger partial charge in [-0.15, -0.1) is 0 Å². The van der Waals surface area contributed by atoms with Gasteiger partial charge in [-0.25, -0.2) is 8.42 Å². The maximum Gasteiger partial charge on any atom is 0.251 e. The van der Waals surface area contributed by atoms with Crippen molar-refractivity contribution < 1.29 is 22.7 Å². The summed E-state index contributed by atoms with van der Waals surface area (Å²) in [5, 5.41) is 3.24. The van der Waals surface area contributed by atoms with Crippen LogP contribution < -0.4 is 10.1 Å². The number of nitrogens with one attached hydrogen (secondary N) is 1. The van der Waals surface area contributed by atoms with Gasteiger partial charge in [0.05, 0.1) is 20.3 Å². The molecule has 4 aliphatic carbocycles. The minimum atomic E-state index is -3.78. The first-order valence-corrected chi connectivity index (χ1v) is 13.3. The largest absolute Gasteiger partial charge is 0.495 e. The number of carbonyl (C=O) groups is 1. The number of ether oxygens (including phenoxy) is 2. The van der Waals surface area contributed by atoms with Crippen molar-refractivity contribution in [1.82, 2.24) is 9.62 Å². The Balaban J connectivity index is 1.37. The Kier molecular flexibility index (Phi) is 5.75. The van der Waals surface area contributed by atoms with Gasteiger partial charge in [-0.2, -0.15) is 4.31 Å². The van der Waals surface area contributed by atoms with Crippen LogP contribution >= 0.6 is 0 Å². The molecule has 1 N–H and O–H groups in total. The average molecular weight is 463 g/mol. The van der Waals surface area contributed by atoms with Crippen LogP contribution in [0, 0.1) is 23.2 Å². The van der Waals surface area contributed by atoms with Crippen molar-refractivity contribution in [2.45, 2.75) is 56.4 Å². The van der Waals surface area contributed by atoms with Crippen LogP contribution in [0.25, 0.3) is 0 Å². The number of nitrogens with zero attached hydrogens (tertiary/aromatic N) is 1. The molecule has 1 unspecified atom stereocenters. The summed E-state index contributed by atoms with van der Waals surface area (Å²) >= 11 is 0. The Hall–Kier alpha value is -1.64. The van der Waals surface area contributed by atoms with Crippen LogP contribution in [0.1, 0.15) is 55.8 Å². The van der Waals surface area contributed by atoms with E-state index in [9.17, 15) is 13.2 Å². The summed E-state index contributed by atoms with van der Waals surface area (Å²) in [6.45, 7) is 3.46. The predicted octanol–water partition coefficient (Wildman–Crippen LogP) is 3.05. The molecule has 5 fully saturated rings. The molecule has 0 aromatic heterocycles. The first kappa shape index (κ1) is 22.2. The number of methoxy groups -OCH3 is 1. The van der Waals surface area contributed by atoms with E-state index in [4.69, 9.17) is 9.47 Å². The third-order valence-corrected chi connectivity index (χ3v) is 10.3. The van der Waals surface area contributed by atoms with Crippen molar-refractivity contribution >= 4 is 15.9 Å². The molecule has 8 heteroatoms. The van der Waals surface area contributed by atoms with Crippen LogP contribution in [0.5, 0.6) is 5.75 Å². The highest BCUT2D eigenvalue weighted by molar-refractivity contribution is 7.89. The lowest BCUT2D eigenvalue weighted by Gasteiger charge is -2.59. The van der Waals surface area contributed by atoms with Gasteiger partial charge in [0.25, 0.3) is 5.91 Å². The molecule has 0 radical (unpaired) electrons. The summed E-state index contributed by atoms with van der Waals surface area (Å²) in [6, 6.07) is 4.77. The number of morpholine rings is 1. The molecule has 0 spiro atoms. The van der Waals surface area contributed by atoms with Crippen molar-refractivity contribution in [3.05, 3.63) is 23.8 Å². The second-order valence-electron chi connectivity index (χ2n) is 10.4. The molecule has 6 rings (SSSR count). The van der Waals surface area contributed by atoms with E-state index < -0.39 is 10.0 Å². The summed E-state index contributed by atoms with van der Waals surface area (Å²) in [7, 11) is -2.33. The molecule has 1 aliphatic heterocycles. The highest BCUT2D eigenvalue weighted by Gasteiger charge is 2.53. The van der Waals surface area contributed by atoms with Crippen LogP contribution in [-0.4, -0.2) is 58.1 Å². The van der Waals surface area contributed by atoms with Gasteiger partial charge in [0.1, 0.15) is 10.6 Å². The summed E-state index contributed by atoms with van der Waals surface area (Å²) in [6.07, 6.45) is 7.71. The fourth-order valence-electron chi connectivity index (χ4n) is 7.09. The second-order valence-corrected chi connectivity index (χ2v) is 12.3. The molecule has 4 saturated carbocycles. The summed E-state index contributed by atoms with van der Waals surface area (Å²) < 4.78 is 38.5. The fraction of sp³-hybridized carbons (Fsp3) is 0.708. The fourth-order valence-corrected chi connectivity index (χ4v) is 8.68. The van der Waals surface area contributed by atoms with Gasteiger partial charge >= 0.3 is 0 Å². The van der Waals surface area contributed by atoms with Gasteiger partial charge in [0, 0.05) is 24.7 Å². The minimum Gasteiger partial charge on any atom is -0.495 e. The van der Waals surface area contributed by atoms with Crippen LogP contribution in [0.2, 0.25) is 0 Å². The molecule has 1 aromatic carbocycles. The quantitative estimate of drug-likeness (QED) is 0.702. The van der Waals surface area contributed by atoms with E-state index in [2.05, 4.69) is 12.2 Å². The SMILES string of the molecule is COc1ccc(C(=O)NC(C)C23CC4CC(CC(C4)C2)C3)cc1S(=O)(=O)N1CCOCC1. The summed E-state index contributed by atoms with van der Waals surface area (Å²) in [5.41, 5.74) is 0.550. The second kappa shape index (κ2) is 8.29. The Morgan fingerprint density at radius 2 is 1.72 bits per heavy atom. The molecule has 7 nitrogen and oxygen atoms in total. The van der Waals surface area contributed by atoms with E-state index in [1.54, 1.807) is 12.1 Å². The average Bonchev–Trinajstić information content (AvgIpc) is 2.78. The lowest BCUT2D eigenvalue weighted by atomic mass is 9.48. The minimum absolute atomic E-state index is 0.0389. The molecule has 4 bridgehead atoms. The van der Waals surface area contributed by atoms with E-state index in [0.29, 0.717) is 31.9 Å². The van der Waals surface area contributed by atoms with E-state index in [1.165, 1.54) is 56.0 Å². The summed E-state index contributed by atoms with van der Waals surface area (Å²) in [4.78, 5) is 13.3. The Labute approximate surface area is 190 Å². The van der Waals surface area contributed by atoms with Gasteiger partial charge < -0.3 is 14.8 Å². The molecular weight excluding hydrogens is 428 g/mol. The number of hydrogen-bond acceptors (Lipinski definition) is 5. The van der Waals surface area contributed by atoms with Gasteiger partial charge in [-0.1, -0.05) is 0 Å². The van der Waals surface area contributed by atoms with Gasteiger partial charge in [0.15, 0.2) is 0 Å². The van der Waals surface area contributed by atoms with Crippen LogP contribution in [-0.2, 0) is 14.8 Å². The highest BCUT2D eigenvalue weighted by atomic mass is 32.2. The van der Waals surface area contributed by atoms with Crippen molar-refractivity contribution in [3.8, 4) is 5.75 Å². The molecule has 1 saturated heterocycles. The number of hydrogen-bond donors (Lipinski definition) is 1. The molecular formula is C24H34N2O5S. The lowest BCUT2D eigenvalue weighted by Crippen LogP contribution is -2.55. The third kappa shape index (κ3) is 3.84. The van der Waals surface area contributed by atoms with Crippen LogP contribution in [0.3, 0.4) is 0 Å². The Morgan fingerprint density at radius 3 is 2.28 bits per heavy atom. The molecule has 32 heavy (non-hydrogen) atoms. The third-order valence-electron chi connectivity index (χ3n) is 8.37. The monoisotopic (exact) mass is 462 g/mol. The van der Waals surface area contributed by atoms with E-state index in [-0.39, 0.29) is 28.0 Å². The van der Waals surface area contributed by atoms with E-state index >= 15 is 0 Å². The van der Waals surface area contributed by atoms with Crippen molar-refractivity contribution in [2.75, 3.05) is 33.4 Å². The highest BCUT2D eigenvalue weighted by Crippen LogP contribution is 2.61. The zero-order valence-corrected chi connectivity index (χ0v) is 19.8. The Bertz CT molecular complexity index is 951. The maximum absolute atomic E-state index is 13.3. The molecule has 1 amide bonds. The molecule has 5 aliphatic rings. The first-order valence-electron chi connectivity index (χ1n) is 11.9. The topological polar surface area (TPSA) is 84.9 Å².